The van der Waals surface area contributed by atoms with Crippen molar-refractivity contribution < 1.29 is 14.3 Å². The van der Waals surface area contributed by atoms with Gasteiger partial charge in [0.2, 0.25) is 0 Å². The molecule has 4 nitrogen and oxygen atoms in total. The molecule has 0 heterocycles. The number of amides is 1. The number of ether oxygens (including phenoxy) is 1. The number of methoxy groups -OCH3 is 1. The van der Waals surface area contributed by atoms with E-state index in [0.717, 1.165) is 5.56 Å². The molecular weight excluding hydrogens is 290 g/mol. The summed E-state index contributed by atoms with van der Waals surface area (Å²) in [6.45, 7) is 14.1. The Bertz CT molecular complexity index is 575. The second-order valence-corrected chi connectivity index (χ2v) is 7.40. The maximum atomic E-state index is 13.1. The predicted octanol–water partition coefficient (Wildman–Crippen LogP) is 4.03. The van der Waals surface area contributed by atoms with Crippen molar-refractivity contribution in [1.29, 1.82) is 0 Å². The van der Waals surface area contributed by atoms with E-state index in [0.29, 0.717) is 11.1 Å². The van der Waals surface area contributed by atoms with Crippen LogP contribution in [-0.2, 0) is 10.2 Å². The van der Waals surface area contributed by atoms with Gasteiger partial charge in [0.1, 0.15) is 0 Å². The Labute approximate surface area is 139 Å². The average Bonchev–Trinajstić information content (AvgIpc) is 2.43. The van der Waals surface area contributed by atoms with Gasteiger partial charge >= 0.3 is 5.97 Å². The molecule has 0 N–H and O–H groups in total. The first-order valence-electron chi connectivity index (χ1n) is 8.06. The molecule has 1 amide bonds. The number of hydrogen-bond acceptors (Lipinski definition) is 3. The Hall–Kier alpha value is -1.84. The van der Waals surface area contributed by atoms with E-state index in [4.69, 9.17) is 4.74 Å². The molecule has 0 radical (unpaired) electrons. The maximum absolute atomic E-state index is 13.1. The lowest BCUT2D eigenvalue weighted by Gasteiger charge is -2.32. The number of carbonyl (C=O) groups excluding carboxylic acids is 2. The second-order valence-electron chi connectivity index (χ2n) is 7.40. The summed E-state index contributed by atoms with van der Waals surface area (Å²) in [4.78, 5) is 26.9. The first-order valence-corrected chi connectivity index (χ1v) is 8.06. The van der Waals surface area contributed by atoms with Crippen LogP contribution in [0.4, 0.5) is 0 Å². The lowest BCUT2D eigenvalue weighted by molar-refractivity contribution is 0.0573. The summed E-state index contributed by atoms with van der Waals surface area (Å²) >= 11 is 0. The molecule has 23 heavy (non-hydrogen) atoms. The molecule has 4 heteroatoms. The molecule has 0 aliphatic heterocycles. The van der Waals surface area contributed by atoms with Gasteiger partial charge in [0.05, 0.1) is 18.2 Å². The molecule has 1 aromatic carbocycles. The summed E-state index contributed by atoms with van der Waals surface area (Å²) in [5, 5.41) is 0. The largest absolute Gasteiger partial charge is 0.465 e. The normalized spacial score (nSPS) is 11.7. The van der Waals surface area contributed by atoms with Crippen molar-refractivity contribution in [2.24, 2.45) is 0 Å². The Morgan fingerprint density at radius 1 is 1.00 bits per heavy atom. The first-order chi connectivity index (χ1) is 10.5. The van der Waals surface area contributed by atoms with E-state index in [9.17, 15) is 9.59 Å². The molecule has 0 saturated carbocycles. The fraction of sp³-hybridized carbons (Fsp3) is 0.579. The highest BCUT2D eigenvalue weighted by atomic mass is 16.5. The van der Waals surface area contributed by atoms with Crippen molar-refractivity contribution in [3.05, 3.63) is 34.9 Å². The summed E-state index contributed by atoms with van der Waals surface area (Å²) in [6, 6.07) is 5.50. The Morgan fingerprint density at radius 2 is 1.52 bits per heavy atom. The standard InChI is InChI=1S/C19H29NO3/c1-12(2)20(13(3)4)17(21)16-11-14(19(5,6)7)9-10-15(16)18(22)23-8/h9-13H,1-8H3. The molecule has 0 atom stereocenters. The van der Waals surface area contributed by atoms with Crippen LogP contribution in [0.5, 0.6) is 0 Å². The van der Waals surface area contributed by atoms with Crippen molar-refractivity contribution >= 4 is 11.9 Å². The smallest absolute Gasteiger partial charge is 0.338 e. The highest BCUT2D eigenvalue weighted by Crippen LogP contribution is 2.26. The van der Waals surface area contributed by atoms with E-state index in [1.54, 1.807) is 11.0 Å². The summed E-state index contributed by atoms with van der Waals surface area (Å²) in [5.74, 6) is -0.622. The fourth-order valence-corrected chi connectivity index (χ4v) is 2.68. The summed E-state index contributed by atoms with van der Waals surface area (Å²) in [7, 11) is 1.33. The van der Waals surface area contributed by atoms with Crippen LogP contribution >= 0.6 is 0 Å². The minimum Gasteiger partial charge on any atom is -0.465 e. The van der Waals surface area contributed by atoms with E-state index >= 15 is 0 Å². The van der Waals surface area contributed by atoms with Crippen molar-refractivity contribution in [3.63, 3.8) is 0 Å². The first kappa shape index (κ1) is 19.2. The molecule has 0 fully saturated rings. The molecule has 128 valence electrons. The number of nitrogens with zero attached hydrogens (tertiary/aromatic N) is 1. The van der Waals surface area contributed by atoms with Gasteiger partial charge in [-0.15, -0.1) is 0 Å². The summed E-state index contributed by atoms with van der Waals surface area (Å²) < 4.78 is 4.84. The van der Waals surface area contributed by atoms with Crippen LogP contribution in [0.2, 0.25) is 0 Å². The van der Waals surface area contributed by atoms with Gasteiger partial charge in [-0.2, -0.15) is 0 Å². The van der Waals surface area contributed by atoms with Crippen LogP contribution < -0.4 is 0 Å². The highest BCUT2D eigenvalue weighted by molar-refractivity contribution is 6.05. The van der Waals surface area contributed by atoms with Gasteiger partial charge in [0.15, 0.2) is 0 Å². The predicted molar refractivity (Wildman–Crippen MR) is 92.9 cm³/mol. The van der Waals surface area contributed by atoms with Crippen LogP contribution in [0.3, 0.4) is 0 Å². The number of esters is 1. The average molecular weight is 319 g/mol. The van der Waals surface area contributed by atoms with Crippen molar-refractivity contribution in [2.45, 2.75) is 66.0 Å². The van der Waals surface area contributed by atoms with Crippen LogP contribution in [0, 0.1) is 0 Å². The number of hydrogen-bond donors (Lipinski definition) is 0. The van der Waals surface area contributed by atoms with E-state index in [2.05, 4.69) is 20.8 Å². The van der Waals surface area contributed by atoms with Crippen molar-refractivity contribution in [1.82, 2.24) is 4.90 Å². The number of rotatable bonds is 4. The van der Waals surface area contributed by atoms with Crippen LogP contribution in [0.1, 0.15) is 74.7 Å². The van der Waals surface area contributed by atoms with Crippen LogP contribution in [0.15, 0.2) is 18.2 Å². The molecule has 0 aliphatic carbocycles. The van der Waals surface area contributed by atoms with Crippen LogP contribution in [0.25, 0.3) is 0 Å². The lowest BCUT2D eigenvalue weighted by Crippen LogP contribution is -2.42. The highest BCUT2D eigenvalue weighted by Gasteiger charge is 2.28. The van der Waals surface area contributed by atoms with Gasteiger partial charge in [0, 0.05) is 12.1 Å². The second kappa shape index (κ2) is 7.16. The molecule has 0 saturated heterocycles. The molecule has 0 aromatic heterocycles. The molecule has 1 aromatic rings. The van der Waals surface area contributed by atoms with E-state index in [1.807, 2.05) is 39.8 Å². The molecule has 0 bridgehead atoms. The van der Waals surface area contributed by atoms with E-state index < -0.39 is 5.97 Å². The zero-order valence-corrected chi connectivity index (χ0v) is 15.6. The molecule has 1 rings (SSSR count). The monoisotopic (exact) mass is 319 g/mol. The SMILES string of the molecule is COC(=O)c1ccc(C(C)(C)C)cc1C(=O)N(C(C)C)C(C)C. The minimum absolute atomic E-state index is 0.0475. The quantitative estimate of drug-likeness (QED) is 0.787. The summed E-state index contributed by atoms with van der Waals surface area (Å²) in [5.41, 5.74) is 1.63. The summed E-state index contributed by atoms with van der Waals surface area (Å²) in [6.07, 6.45) is 0. The maximum Gasteiger partial charge on any atom is 0.338 e. The Balaban J connectivity index is 3.51. The van der Waals surface area contributed by atoms with Gasteiger partial charge in [-0.05, 0) is 50.8 Å². The number of benzene rings is 1. The van der Waals surface area contributed by atoms with Crippen LogP contribution in [-0.4, -0.2) is 36.0 Å². The van der Waals surface area contributed by atoms with Gasteiger partial charge in [-0.25, -0.2) is 4.79 Å². The molecule has 0 unspecified atom stereocenters. The van der Waals surface area contributed by atoms with Gasteiger partial charge < -0.3 is 9.64 Å². The Kier molecular flexibility index (Phi) is 5.98. The minimum atomic E-state index is -0.485. The van der Waals surface area contributed by atoms with Gasteiger partial charge in [-0.3, -0.25) is 4.79 Å². The van der Waals surface area contributed by atoms with Crippen molar-refractivity contribution in [3.8, 4) is 0 Å². The molecule has 0 spiro atoms. The third-order valence-corrected chi connectivity index (χ3v) is 3.87. The Morgan fingerprint density at radius 3 is 1.91 bits per heavy atom. The molecule has 0 aliphatic rings. The van der Waals surface area contributed by atoms with Gasteiger partial charge in [0.25, 0.3) is 5.91 Å². The zero-order chi connectivity index (χ0) is 17.9. The number of carbonyl (C=O) groups is 2. The lowest BCUT2D eigenvalue weighted by atomic mass is 9.85. The van der Waals surface area contributed by atoms with Gasteiger partial charge in [-0.1, -0.05) is 26.8 Å². The topological polar surface area (TPSA) is 46.6 Å². The molecular formula is C19H29NO3. The third kappa shape index (κ3) is 4.34. The van der Waals surface area contributed by atoms with E-state index in [-0.39, 0.29) is 23.4 Å². The zero-order valence-electron chi connectivity index (χ0n) is 15.6. The third-order valence-electron chi connectivity index (χ3n) is 3.87. The van der Waals surface area contributed by atoms with Crippen molar-refractivity contribution in [2.75, 3.05) is 7.11 Å². The fourth-order valence-electron chi connectivity index (χ4n) is 2.68. The van der Waals surface area contributed by atoms with E-state index in [1.165, 1.54) is 7.11 Å².